The average molecular weight is 281 g/mol. The quantitative estimate of drug-likeness (QED) is 0.788. The molecule has 2 unspecified atom stereocenters. The summed E-state index contributed by atoms with van der Waals surface area (Å²) in [6.07, 6.45) is 1.77. The minimum Gasteiger partial charge on any atom is -0.480 e. The molecule has 0 bridgehead atoms. The zero-order chi connectivity index (χ0) is 14.9. The molecule has 0 aromatic rings. The van der Waals surface area contributed by atoms with E-state index >= 15 is 0 Å². The lowest BCUT2D eigenvalue weighted by atomic mass is 9.92. The number of aliphatic carboxylic acids is 1. The number of carbonyl (C=O) groups excluding carboxylic acids is 2. The number of rotatable bonds is 2. The van der Waals surface area contributed by atoms with Gasteiger partial charge in [-0.25, -0.2) is 9.80 Å². The summed E-state index contributed by atoms with van der Waals surface area (Å²) in [5.41, 5.74) is 0.271. The molecule has 7 heteroatoms. The Kier molecular flexibility index (Phi) is 4.06. The molecule has 2 atom stereocenters. The standard InChI is InChI=1S/C13H19N3O4/c1-8-5-6-16(10(7-8)13(19)20)12(18)9-3-4-11(17)15(2)14-9/h8,10H,3-7H2,1-2H3,(H,19,20). The summed E-state index contributed by atoms with van der Waals surface area (Å²) in [4.78, 5) is 36.5. The van der Waals surface area contributed by atoms with Crippen LogP contribution in [0.1, 0.15) is 32.6 Å². The van der Waals surface area contributed by atoms with Crippen LogP contribution in [0.2, 0.25) is 0 Å². The van der Waals surface area contributed by atoms with Crippen molar-refractivity contribution in [2.24, 2.45) is 11.0 Å². The van der Waals surface area contributed by atoms with Gasteiger partial charge in [0.2, 0.25) is 5.91 Å². The molecule has 0 saturated carbocycles. The number of carboxylic acid groups (broad SMARTS) is 1. The second kappa shape index (κ2) is 5.60. The molecule has 2 aliphatic heterocycles. The van der Waals surface area contributed by atoms with Crippen LogP contribution in [0.3, 0.4) is 0 Å². The number of carbonyl (C=O) groups is 3. The Morgan fingerprint density at radius 3 is 2.65 bits per heavy atom. The Morgan fingerprint density at radius 1 is 1.35 bits per heavy atom. The van der Waals surface area contributed by atoms with Gasteiger partial charge in [0.25, 0.3) is 5.91 Å². The molecule has 7 nitrogen and oxygen atoms in total. The molecule has 1 fully saturated rings. The highest BCUT2D eigenvalue weighted by Crippen LogP contribution is 2.24. The Balaban J connectivity index is 2.17. The predicted octanol–water partition coefficient (Wildman–Crippen LogP) is 0.306. The average Bonchev–Trinajstić information content (AvgIpc) is 2.41. The number of nitrogens with zero attached hydrogens (tertiary/aromatic N) is 3. The summed E-state index contributed by atoms with van der Waals surface area (Å²) in [6, 6.07) is -0.795. The molecule has 0 spiro atoms. The van der Waals surface area contributed by atoms with Crippen LogP contribution in [0.25, 0.3) is 0 Å². The molecule has 0 aromatic heterocycles. The lowest BCUT2D eigenvalue weighted by molar-refractivity contribution is -0.150. The highest BCUT2D eigenvalue weighted by Gasteiger charge is 2.37. The summed E-state index contributed by atoms with van der Waals surface area (Å²) in [7, 11) is 1.50. The van der Waals surface area contributed by atoms with Crippen molar-refractivity contribution in [2.75, 3.05) is 13.6 Å². The van der Waals surface area contributed by atoms with Gasteiger partial charge in [-0.05, 0) is 18.8 Å². The molecule has 20 heavy (non-hydrogen) atoms. The monoisotopic (exact) mass is 281 g/mol. The Labute approximate surface area is 117 Å². The van der Waals surface area contributed by atoms with Crippen LogP contribution in [0.4, 0.5) is 0 Å². The van der Waals surface area contributed by atoms with Gasteiger partial charge < -0.3 is 10.0 Å². The van der Waals surface area contributed by atoms with Gasteiger partial charge in [0.1, 0.15) is 11.8 Å². The lowest BCUT2D eigenvalue weighted by Crippen LogP contribution is -2.52. The van der Waals surface area contributed by atoms with E-state index in [2.05, 4.69) is 5.10 Å². The first kappa shape index (κ1) is 14.5. The van der Waals surface area contributed by atoms with E-state index < -0.39 is 12.0 Å². The predicted molar refractivity (Wildman–Crippen MR) is 71.0 cm³/mol. The number of amides is 2. The largest absolute Gasteiger partial charge is 0.480 e. The van der Waals surface area contributed by atoms with Crippen LogP contribution in [-0.4, -0.2) is 58.1 Å². The van der Waals surface area contributed by atoms with Crippen molar-refractivity contribution in [3.63, 3.8) is 0 Å². The van der Waals surface area contributed by atoms with Crippen molar-refractivity contribution in [3.8, 4) is 0 Å². The summed E-state index contributed by atoms with van der Waals surface area (Å²) in [6.45, 7) is 2.41. The number of hydrazone groups is 1. The molecule has 2 aliphatic rings. The third-order valence-electron chi connectivity index (χ3n) is 3.86. The number of carboxylic acids is 1. The van der Waals surface area contributed by atoms with E-state index in [4.69, 9.17) is 0 Å². The van der Waals surface area contributed by atoms with Crippen LogP contribution >= 0.6 is 0 Å². The molecule has 1 N–H and O–H groups in total. The van der Waals surface area contributed by atoms with E-state index in [-0.39, 0.29) is 36.3 Å². The van der Waals surface area contributed by atoms with Crippen LogP contribution < -0.4 is 0 Å². The third kappa shape index (κ3) is 2.81. The molecule has 0 aromatic carbocycles. The summed E-state index contributed by atoms with van der Waals surface area (Å²) >= 11 is 0. The molecule has 1 saturated heterocycles. The molecule has 2 heterocycles. The lowest BCUT2D eigenvalue weighted by Gasteiger charge is -2.36. The maximum Gasteiger partial charge on any atom is 0.326 e. The Bertz CT molecular complexity index is 474. The fraction of sp³-hybridized carbons (Fsp3) is 0.692. The fourth-order valence-electron chi connectivity index (χ4n) is 2.61. The first-order valence-corrected chi connectivity index (χ1v) is 6.78. The first-order valence-electron chi connectivity index (χ1n) is 6.78. The highest BCUT2D eigenvalue weighted by molar-refractivity contribution is 6.39. The smallest absolute Gasteiger partial charge is 0.326 e. The zero-order valence-electron chi connectivity index (χ0n) is 11.7. The van der Waals surface area contributed by atoms with Crippen LogP contribution in [0.15, 0.2) is 5.10 Å². The van der Waals surface area contributed by atoms with E-state index in [0.29, 0.717) is 13.0 Å². The molecule has 2 amide bonds. The van der Waals surface area contributed by atoms with Crippen LogP contribution in [0.5, 0.6) is 0 Å². The van der Waals surface area contributed by atoms with Gasteiger partial charge >= 0.3 is 5.97 Å². The van der Waals surface area contributed by atoms with Gasteiger partial charge in [-0.15, -0.1) is 0 Å². The van der Waals surface area contributed by atoms with E-state index in [1.165, 1.54) is 11.9 Å². The topological polar surface area (TPSA) is 90.3 Å². The van der Waals surface area contributed by atoms with Crippen molar-refractivity contribution >= 4 is 23.5 Å². The van der Waals surface area contributed by atoms with Crippen molar-refractivity contribution in [3.05, 3.63) is 0 Å². The second-order valence-corrected chi connectivity index (χ2v) is 5.45. The zero-order valence-corrected chi connectivity index (χ0v) is 11.7. The van der Waals surface area contributed by atoms with Crippen molar-refractivity contribution in [1.29, 1.82) is 0 Å². The van der Waals surface area contributed by atoms with Gasteiger partial charge in [-0.2, -0.15) is 5.10 Å². The van der Waals surface area contributed by atoms with E-state index in [0.717, 1.165) is 11.4 Å². The van der Waals surface area contributed by atoms with Gasteiger partial charge in [0, 0.05) is 26.4 Å². The van der Waals surface area contributed by atoms with E-state index in [1.807, 2.05) is 6.92 Å². The number of hydrogen-bond donors (Lipinski definition) is 1. The normalized spacial score (nSPS) is 27.3. The Morgan fingerprint density at radius 2 is 2.05 bits per heavy atom. The molecular formula is C13H19N3O4. The van der Waals surface area contributed by atoms with Gasteiger partial charge in [-0.1, -0.05) is 6.92 Å². The minimum absolute atomic E-state index is 0.136. The van der Waals surface area contributed by atoms with Crippen molar-refractivity contribution in [2.45, 2.75) is 38.6 Å². The van der Waals surface area contributed by atoms with Gasteiger partial charge in [0.05, 0.1) is 0 Å². The molecule has 2 rings (SSSR count). The number of hydrogen-bond acceptors (Lipinski definition) is 4. The molecular weight excluding hydrogens is 262 g/mol. The van der Waals surface area contributed by atoms with Gasteiger partial charge in [-0.3, -0.25) is 9.59 Å². The van der Waals surface area contributed by atoms with E-state index in [1.54, 1.807) is 0 Å². The van der Waals surface area contributed by atoms with Crippen molar-refractivity contribution in [1.82, 2.24) is 9.91 Å². The second-order valence-electron chi connectivity index (χ2n) is 5.45. The van der Waals surface area contributed by atoms with Gasteiger partial charge in [0.15, 0.2) is 0 Å². The summed E-state index contributed by atoms with van der Waals surface area (Å²) in [5, 5.41) is 14.4. The van der Waals surface area contributed by atoms with Crippen LogP contribution in [0, 0.1) is 5.92 Å². The number of piperidine rings is 1. The Hall–Kier alpha value is -1.92. The van der Waals surface area contributed by atoms with E-state index in [9.17, 15) is 19.5 Å². The maximum absolute atomic E-state index is 12.4. The summed E-state index contributed by atoms with van der Waals surface area (Å²) < 4.78 is 0. The molecule has 110 valence electrons. The highest BCUT2D eigenvalue weighted by atomic mass is 16.4. The maximum atomic E-state index is 12.4. The fourth-order valence-corrected chi connectivity index (χ4v) is 2.61. The minimum atomic E-state index is -0.981. The molecule has 0 aliphatic carbocycles. The SMILES string of the molecule is CC1CCN(C(=O)C2=NN(C)C(=O)CC2)C(C(=O)O)C1. The molecule has 0 radical (unpaired) electrons. The first-order chi connectivity index (χ1) is 9.40. The van der Waals surface area contributed by atoms with Crippen molar-refractivity contribution < 1.29 is 19.5 Å². The summed E-state index contributed by atoms with van der Waals surface area (Å²) in [5.74, 6) is -1.18. The third-order valence-corrected chi connectivity index (χ3v) is 3.86. The van der Waals surface area contributed by atoms with Crippen LogP contribution in [-0.2, 0) is 14.4 Å². The number of likely N-dealkylation sites (tertiary alicyclic amines) is 1.